The largest absolute Gasteiger partial charge is 0.396 e. The Bertz CT molecular complexity index is 885. The zero-order valence-corrected chi connectivity index (χ0v) is 21.1. The fourth-order valence-corrected chi connectivity index (χ4v) is 3.99. The van der Waals surface area contributed by atoms with Crippen LogP contribution < -0.4 is 10.6 Å². The Morgan fingerprint density at radius 1 is 0.943 bits per heavy atom. The highest BCUT2D eigenvalue weighted by Crippen LogP contribution is 2.12. The Morgan fingerprint density at radius 2 is 1.63 bits per heavy atom. The predicted molar refractivity (Wildman–Crippen MR) is 140 cm³/mol. The van der Waals surface area contributed by atoms with Gasteiger partial charge in [-0.25, -0.2) is 0 Å². The van der Waals surface area contributed by atoms with Gasteiger partial charge in [-0.3, -0.25) is 9.59 Å². The maximum absolute atomic E-state index is 13.2. The SMILES string of the molecule is CCCN(CCC)C(=O)c1cccc(C(=O)N[C@@H](Cc2ccccc2)[C@H](O)CNCCCCO)c1. The first kappa shape index (κ1) is 28.5. The van der Waals surface area contributed by atoms with Crippen LogP contribution in [0.15, 0.2) is 54.6 Å². The molecule has 2 atom stereocenters. The third-order valence-corrected chi connectivity index (χ3v) is 5.84. The van der Waals surface area contributed by atoms with Gasteiger partial charge >= 0.3 is 0 Å². The van der Waals surface area contributed by atoms with Crippen LogP contribution in [0, 0.1) is 0 Å². The van der Waals surface area contributed by atoms with Crippen molar-refractivity contribution >= 4 is 11.8 Å². The van der Waals surface area contributed by atoms with Crippen molar-refractivity contribution in [1.29, 1.82) is 0 Å². The van der Waals surface area contributed by atoms with Crippen LogP contribution in [0.5, 0.6) is 0 Å². The molecule has 2 amide bonds. The summed E-state index contributed by atoms with van der Waals surface area (Å²) in [6.07, 6.45) is 2.94. The first-order chi connectivity index (χ1) is 17.0. The van der Waals surface area contributed by atoms with Gasteiger partial charge in [0.25, 0.3) is 11.8 Å². The summed E-state index contributed by atoms with van der Waals surface area (Å²) in [6.45, 7) is 6.59. The number of nitrogens with zero attached hydrogens (tertiary/aromatic N) is 1. The lowest BCUT2D eigenvalue weighted by Crippen LogP contribution is -2.48. The highest BCUT2D eigenvalue weighted by molar-refractivity contribution is 5.99. The molecule has 192 valence electrons. The van der Waals surface area contributed by atoms with Crippen LogP contribution in [-0.4, -0.2) is 71.9 Å². The number of aliphatic hydroxyl groups excluding tert-OH is 2. The average Bonchev–Trinajstić information content (AvgIpc) is 2.88. The predicted octanol–water partition coefficient (Wildman–Crippen LogP) is 3.01. The molecule has 2 aromatic rings. The number of hydrogen-bond acceptors (Lipinski definition) is 5. The Labute approximate surface area is 209 Å². The molecule has 0 bridgehead atoms. The van der Waals surface area contributed by atoms with E-state index in [0.717, 1.165) is 24.8 Å². The molecule has 0 saturated carbocycles. The van der Waals surface area contributed by atoms with Crippen LogP contribution in [0.1, 0.15) is 65.8 Å². The van der Waals surface area contributed by atoms with E-state index in [4.69, 9.17) is 5.11 Å². The van der Waals surface area contributed by atoms with Crippen molar-refractivity contribution in [3.05, 3.63) is 71.3 Å². The number of hydrogen-bond donors (Lipinski definition) is 4. The van der Waals surface area contributed by atoms with Crippen molar-refractivity contribution in [2.75, 3.05) is 32.8 Å². The summed E-state index contributed by atoms with van der Waals surface area (Å²) in [7, 11) is 0. The third-order valence-electron chi connectivity index (χ3n) is 5.84. The molecule has 2 rings (SSSR count). The monoisotopic (exact) mass is 483 g/mol. The van der Waals surface area contributed by atoms with E-state index in [-0.39, 0.29) is 18.4 Å². The molecule has 4 N–H and O–H groups in total. The van der Waals surface area contributed by atoms with E-state index in [0.29, 0.717) is 50.1 Å². The topological polar surface area (TPSA) is 102 Å². The second-order valence-electron chi connectivity index (χ2n) is 8.84. The molecule has 0 aromatic heterocycles. The lowest BCUT2D eigenvalue weighted by Gasteiger charge is -2.25. The minimum absolute atomic E-state index is 0.0729. The Hall–Kier alpha value is -2.74. The zero-order valence-electron chi connectivity index (χ0n) is 21.1. The number of rotatable bonds is 16. The molecule has 7 nitrogen and oxygen atoms in total. The highest BCUT2D eigenvalue weighted by Gasteiger charge is 2.23. The van der Waals surface area contributed by atoms with E-state index in [2.05, 4.69) is 10.6 Å². The molecule has 0 heterocycles. The van der Waals surface area contributed by atoms with E-state index in [1.807, 2.05) is 49.1 Å². The molecule has 0 spiro atoms. The first-order valence-corrected chi connectivity index (χ1v) is 12.7. The fraction of sp³-hybridized carbons (Fsp3) is 0.500. The number of amides is 2. The van der Waals surface area contributed by atoms with Crippen LogP contribution in [-0.2, 0) is 6.42 Å². The smallest absolute Gasteiger partial charge is 0.253 e. The summed E-state index contributed by atoms with van der Waals surface area (Å²) in [5.74, 6) is -0.395. The van der Waals surface area contributed by atoms with Gasteiger partial charge in [-0.2, -0.15) is 0 Å². The molecule has 2 aromatic carbocycles. The van der Waals surface area contributed by atoms with Gasteiger partial charge in [0.1, 0.15) is 0 Å². The van der Waals surface area contributed by atoms with Gasteiger partial charge in [0.2, 0.25) is 0 Å². The minimum atomic E-state index is -0.803. The number of nitrogens with one attached hydrogen (secondary N) is 2. The Morgan fingerprint density at radius 3 is 2.29 bits per heavy atom. The zero-order chi connectivity index (χ0) is 25.5. The third kappa shape index (κ3) is 9.80. The standard InChI is InChI=1S/C28H41N3O4/c1-3-16-31(17-4-2)28(35)24-14-10-13-23(20-24)27(34)30-25(19-22-11-6-5-7-12-22)26(33)21-29-15-8-9-18-32/h5-7,10-14,20,25-26,29,32-33H,3-4,8-9,15-19,21H2,1-2H3,(H,30,34)/t25-,26+/m0/s1. The van der Waals surface area contributed by atoms with Crippen LogP contribution in [0.2, 0.25) is 0 Å². The van der Waals surface area contributed by atoms with Gasteiger partial charge in [0.05, 0.1) is 12.1 Å². The molecule has 7 heteroatoms. The molecule has 0 radical (unpaired) electrons. The summed E-state index contributed by atoms with van der Waals surface area (Å²) in [5, 5.41) is 26.0. The quantitative estimate of drug-likeness (QED) is 0.275. The molecule has 0 unspecified atom stereocenters. The molecular formula is C28H41N3O4. The van der Waals surface area contributed by atoms with E-state index in [1.54, 1.807) is 24.3 Å². The van der Waals surface area contributed by atoms with Crippen molar-refractivity contribution in [1.82, 2.24) is 15.5 Å². The van der Waals surface area contributed by atoms with Gasteiger partial charge in [0.15, 0.2) is 0 Å². The highest BCUT2D eigenvalue weighted by atomic mass is 16.3. The Kier molecular flexibility index (Phi) is 13.0. The number of carbonyl (C=O) groups is 2. The van der Waals surface area contributed by atoms with Crippen molar-refractivity contribution in [3.8, 4) is 0 Å². The van der Waals surface area contributed by atoms with E-state index >= 15 is 0 Å². The van der Waals surface area contributed by atoms with E-state index in [9.17, 15) is 14.7 Å². The van der Waals surface area contributed by atoms with Gasteiger partial charge in [0, 0.05) is 37.4 Å². The second-order valence-corrected chi connectivity index (χ2v) is 8.84. The summed E-state index contributed by atoms with van der Waals surface area (Å²) >= 11 is 0. The van der Waals surface area contributed by atoms with Crippen LogP contribution in [0.4, 0.5) is 0 Å². The van der Waals surface area contributed by atoms with Crippen LogP contribution in [0.3, 0.4) is 0 Å². The van der Waals surface area contributed by atoms with E-state index < -0.39 is 12.1 Å². The van der Waals surface area contributed by atoms with Crippen LogP contribution in [0.25, 0.3) is 0 Å². The second kappa shape index (κ2) is 16.0. The summed E-state index contributed by atoms with van der Waals surface area (Å²) in [5.41, 5.74) is 1.89. The van der Waals surface area contributed by atoms with E-state index in [1.165, 1.54) is 0 Å². The van der Waals surface area contributed by atoms with Crippen molar-refractivity contribution in [2.45, 2.75) is 58.1 Å². The van der Waals surface area contributed by atoms with Crippen molar-refractivity contribution in [3.63, 3.8) is 0 Å². The maximum atomic E-state index is 13.2. The number of carbonyl (C=O) groups excluding carboxylic acids is 2. The van der Waals surface area contributed by atoms with Gasteiger partial charge in [-0.1, -0.05) is 50.2 Å². The molecule has 0 aliphatic rings. The minimum Gasteiger partial charge on any atom is -0.396 e. The molecule has 0 saturated heterocycles. The normalized spacial score (nSPS) is 12.7. The summed E-state index contributed by atoms with van der Waals surface area (Å²) in [4.78, 5) is 28.0. The first-order valence-electron chi connectivity index (χ1n) is 12.7. The molecule has 0 aliphatic heterocycles. The van der Waals surface area contributed by atoms with Gasteiger partial charge in [-0.05, 0) is 62.4 Å². The van der Waals surface area contributed by atoms with Crippen molar-refractivity contribution in [2.24, 2.45) is 0 Å². The van der Waals surface area contributed by atoms with Gasteiger partial charge in [-0.15, -0.1) is 0 Å². The fourth-order valence-electron chi connectivity index (χ4n) is 3.99. The molecular weight excluding hydrogens is 442 g/mol. The number of aliphatic hydroxyl groups is 2. The maximum Gasteiger partial charge on any atom is 0.253 e. The molecule has 0 aliphatic carbocycles. The number of unbranched alkanes of at least 4 members (excludes halogenated alkanes) is 1. The van der Waals surface area contributed by atoms with Crippen LogP contribution >= 0.6 is 0 Å². The Balaban J connectivity index is 2.12. The lowest BCUT2D eigenvalue weighted by atomic mass is 10.00. The molecule has 0 fully saturated rings. The summed E-state index contributed by atoms with van der Waals surface area (Å²) < 4.78 is 0. The summed E-state index contributed by atoms with van der Waals surface area (Å²) in [6, 6.07) is 16.0. The van der Waals surface area contributed by atoms with Gasteiger partial charge < -0.3 is 25.7 Å². The molecule has 35 heavy (non-hydrogen) atoms. The van der Waals surface area contributed by atoms with Crippen molar-refractivity contribution < 1.29 is 19.8 Å². The number of benzene rings is 2. The lowest BCUT2D eigenvalue weighted by molar-refractivity contribution is 0.0755. The average molecular weight is 484 g/mol.